The van der Waals surface area contributed by atoms with Crippen molar-refractivity contribution in [2.75, 3.05) is 13.7 Å². The van der Waals surface area contributed by atoms with Gasteiger partial charge in [0.05, 0.1) is 19.3 Å². The van der Waals surface area contributed by atoms with Crippen LogP contribution in [-0.4, -0.2) is 30.8 Å². The van der Waals surface area contributed by atoms with Crippen LogP contribution in [0.15, 0.2) is 12.1 Å². The topological polar surface area (TPSA) is 72.8 Å². The molecule has 1 atom stereocenters. The molecule has 1 N–H and O–H groups in total. The van der Waals surface area contributed by atoms with Crippen molar-refractivity contribution < 1.29 is 28.6 Å². The van der Waals surface area contributed by atoms with Crippen molar-refractivity contribution in [1.29, 1.82) is 0 Å². The Kier molecular flexibility index (Phi) is 5.00. The largest absolute Gasteiger partial charge is 0.465 e. The van der Waals surface area contributed by atoms with Gasteiger partial charge in [-0.3, -0.25) is 0 Å². The van der Waals surface area contributed by atoms with Crippen LogP contribution in [0.2, 0.25) is 0 Å². The minimum absolute atomic E-state index is 0.0409. The molecule has 0 spiro atoms. The monoisotopic (exact) mass is 270 g/mol. The SMILES string of the molecule is CCOC(=O)C(O)c1cc(F)c(C)c(C(=O)OC)c1. The summed E-state index contributed by atoms with van der Waals surface area (Å²) in [5.41, 5.74) is -0.00513. The lowest BCUT2D eigenvalue weighted by atomic mass is 10.0. The Balaban J connectivity index is 3.20. The first kappa shape index (κ1) is 15.1. The summed E-state index contributed by atoms with van der Waals surface area (Å²) in [4.78, 5) is 22.8. The van der Waals surface area contributed by atoms with Gasteiger partial charge in [0.1, 0.15) is 5.82 Å². The molecule has 0 saturated heterocycles. The van der Waals surface area contributed by atoms with E-state index < -0.39 is 23.9 Å². The van der Waals surface area contributed by atoms with Crippen LogP contribution < -0.4 is 0 Å². The molecule has 1 rings (SSSR count). The molecule has 0 aliphatic heterocycles. The second kappa shape index (κ2) is 6.29. The van der Waals surface area contributed by atoms with Crippen LogP contribution >= 0.6 is 0 Å². The van der Waals surface area contributed by atoms with E-state index in [9.17, 15) is 19.1 Å². The Morgan fingerprint density at radius 3 is 2.58 bits per heavy atom. The lowest BCUT2D eigenvalue weighted by Crippen LogP contribution is -2.17. The summed E-state index contributed by atoms with van der Waals surface area (Å²) < 4.78 is 22.8. The maximum absolute atomic E-state index is 13.7. The van der Waals surface area contributed by atoms with Gasteiger partial charge < -0.3 is 14.6 Å². The Labute approximate surface area is 109 Å². The van der Waals surface area contributed by atoms with E-state index in [1.165, 1.54) is 13.0 Å². The van der Waals surface area contributed by atoms with E-state index in [1.807, 2.05) is 0 Å². The van der Waals surface area contributed by atoms with Crippen molar-refractivity contribution in [3.05, 3.63) is 34.6 Å². The van der Waals surface area contributed by atoms with Gasteiger partial charge in [-0.1, -0.05) is 0 Å². The Bertz CT molecular complexity index is 498. The third-order valence-electron chi connectivity index (χ3n) is 2.60. The van der Waals surface area contributed by atoms with E-state index in [0.717, 1.165) is 13.2 Å². The first-order chi connectivity index (χ1) is 8.92. The first-order valence-electron chi connectivity index (χ1n) is 5.65. The molecule has 0 heterocycles. The number of rotatable bonds is 4. The number of aliphatic hydroxyl groups is 1. The molecule has 104 valence electrons. The van der Waals surface area contributed by atoms with Gasteiger partial charge in [-0.25, -0.2) is 14.0 Å². The predicted molar refractivity (Wildman–Crippen MR) is 64.1 cm³/mol. The van der Waals surface area contributed by atoms with E-state index in [4.69, 9.17) is 0 Å². The van der Waals surface area contributed by atoms with Gasteiger partial charge in [0, 0.05) is 0 Å². The van der Waals surface area contributed by atoms with Crippen molar-refractivity contribution in [2.45, 2.75) is 20.0 Å². The summed E-state index contributed by atoms with van der Waals surface area (Å²) in [6, 6.07) is 2.20. The molecule has 0 aliphatic rings. The fourth-order valence-electron chi connectivity index (χ4n) is 1.54. The fourth-order valence-corrected chi connectivity index (χ4v) is 1.54. The molecule has 1 unspecified atom stereocenters. The number of esters is 2. The third kappa shape index (κ3) is 3.29. The van der Waals surface area contributed by atoms with Crippen molar-refractivity contribution in [2.24, 2.45) is 0 Å². The summed E-state index contributed by atoms with van der Waals surface area (Å²) in [6.45, 7) is 3.08. The van der Waals surface area contributed by atoms with Crippen LogP contribution in [0.25, 0.3) is 0 Å². The van der Waals surface area contributed by atoms with Gasteiger partial charge in [-0.15, -0.1) is 0 Å². The van der Waals surface area contributed by atoms with Gasteiger partial charge >= 0.3 is 11.9 Å². The van der Waals surface area contributed by atoms with Crippen LogP contribution in [0.1, 0.15) is 34.5 Å². The molecule has 0 bridgehead atoms. The molecule has 0 amide bonds. The molecule has 0 aliphatic carbocycles. The van der Waals surface area contributed by atoms with Crippen molar-refractivity contribution >= 4 is 11.9 Å². The summed E-state index contributed by atoms with van der Waals surface area (Å²) in [5, 5.41) is 9.72. The molecule has 0 radical (unpaired) electrons. The highest BCUT2D eigenvalue weighted by Gasteiger charge is 2.23. The number of carbonyl (C=O) groups excluding carboxylic acids is 2. The number of halogens is 1. The number of hydrogen-bond acceptors (Lipinski definition) is 5. The number of methoxy groups -OCH3 is 1. The number of aliphatic hydroxyl groups excluding tert-OH is 1. The van der Waals surface area contributed by atoms with Crippen LogP contribution in [-0.2, 0) is 14.3 Å². The zero-order chi connectivity index (χ0) is 14.6. The van der Waals surface area contributed by atoms with E-state index in [-0.39, 0.29) is 23.3 Å². The molecule has 6 heteroatoms. The summed E-state index contributed by atoms with van der Waals surface area (Å²) in [6.07, 6.45) is -1.64. The van der Waals surface area contributed by atoms with Crippen LogP contribution in [0.5, 0.6) is 0 Å². The van der Waals surface area contributed by atoms with Gasteiger partial charge in [-0.2, -0.15) is 0 Å². The number of hydrogen-bond donors (Lipinski definition) is 1. The third-order valence-corrected chi connectivity index (χ3v) is 2.60. The van der Waals surface area contributed by atoms with Crippen molar-refractivity contribution in [3.63, 3.8) is 0 Å². The maximum atomic E-state index is 13.7. The van der Waals surface area contributed by atoms with E-state index in [0.29, 0.717) is 0 Å². The highest BCUT2D eigenvalue weighted by Crippen LogP contribution is 2.22. The van der Waals surface area contributed by atoms with Gasteiger partial charge in [0.15, 0.2) is 6.10 Å². The second-order valence-electron chi connectivity index (χ2n) is 3.82. The molecule has 1 aromatic carbocycles. The van der Waals surface area contributed by atoms with Crippen LogP contribution in [0, 0.1) is 12.7 Å². The number of benzene rings is 1. The average molecular weight is 270 g/mol. The minimum Gasteiger partial charge on any atom is -0.465 e. The zero-order valence-corrected chi connectivity index (χ0v) is 10.9. The summed E-state index contributed by atoms with van der Waals surface area (Å²) in [7, 11) is 1.16. The van der Waals surface area contributed by atoms with E-state index >= 15 is 0 Å². The quantitative estimate of drug-likeness (QED) is 0.840. The Morgan fingerprint density at radius 1 is 1.42 bits per heavy atom. The van der Waals surface area contributed by atoms with Crippen LogP contribution in [0.4, 0.5) is 4.39 Å². The average Bonchev–Trinajstić information content (AvgIpc) is 2.40. The summed E-state index contributed by atoms with van der Waals surface area (Å²) in [5.74, 6) is -2.35. The second-order valence-corrected chi connectivity index (χ2v) is 3.82. The smallest absolute Gasteiger partial charge is 0.339 e. The Hall–Kier alpha value is -1.95. The molecule has 19 heavy (non-hydrogen) atoms. The van der Waals surface area contributed by atoms with Gasteiger partial charge in [-0.05, 0) is 37.1 Å². The highest BCUT2D eigenvalue weighted by atomic mass is 19.1. The predicted octanol–water partition coefficient (Wildman–Crippen LogP) is 1.52. The normalized spacial score (nSPS) is 11.8. The van der Waals surface area contributed by atoms with Crippen LogP contribution in [0.3, 0.4) is 0 Å². The molecule has 1 aromatic rings. The highest BCUT2D eigenvalue weighted by molar-refractivity contribution is 5.91. The summed E-state index contributed by atoms with van der Waals surface area (Å²) >= 11 is 0. The standard InChI is InChI=1S/C13H15FO5/c1-4-19-13(17)11(15)8-5-9(12(16)18-3)7(2)10(14)6-8/h5-6,11,15H,4H2,1-3H3. The molecule has 0 fully saturated rings. The number of ether oxygens (including phenoxy) is 2. The first-order valence-corrected chi connectivity index (χ1v) is 5.65. The zero-order valence-electron chi connectivity index (χ0n) is 10.9. The van der Waals surface area contributed by atoms with Gasteiger partial charge in [0.2, 0.25) is 0 Å². The lowest BCUT2D eigenvalue weighted by molar-refractivity contribution is -0.153. The number of carbonyl (C=O) groups is 2. The molecular formula is C13H15FO5. The Morgan fingerprint density at radius 2 is 2.05 bits per heavy atom. The fraction of sp³-hybridized carbons (Fsp3) is 0.385. The molecule has 5 nitrogen and oxygen atoms in total. The molecule has 0 aromatic heterocycles. The molecule has 0 saturated carbocycles. The lowest BCUT2D eigenvalue weighted by Gasteiger charge is -2.13. The van der Waals surface area contributed by atoms with Crippen molar-refractivity contribution in [3.8, 4) is 0 Å². The van der Waals surface area contributed by atoms with E-state index in [2.05, 4.69) is 9.47 Å². The maximum Gasteiger partial charge on any atom is 0.339 e. The van der Waals surface area contributed by atoms with E-state index in [1.54, 1.807) is 6.92 Å². The minimum atomic E-state index is -1.64. The molecular weight excluding hydrogens is 255 g/mol. The van der Waals surface area contributed by atoms with Crippen molar-refractivity contribution in [1.82, 2.24) is 0 Å². The van der Waals surface area contributed by atoms with Gasteiger partial charge in [0.25, 0.3) is 0 Å².